The molecule has 0 atom stereocenters. The smallest absolute Gasteiger partial charge is 0.252 e. The Morgan fingerprint density at radius 2 is 2.12 bits per heavy atom. The number of carbonyl (C=O) groups excluding carboxylic acids is 1. The molecule has 0 aliphatic rings. The predicted octanol–water partition coefficient (Wildman–Crippen LogP) is 4.66. The number of carbonyl (C=O) groups is 1. The number of thiophene rings is 1. The van der Waals surface area contributed by atoms with Crippen LogP contribution in [-0.2, 0) is 13.5 Å². The molecule has 168 valence electrons. The molecular formula is C23H28N6O2S. The molecule has 0 fully saturated rings. The summed E-state index contributed by atoms with van der Waals surface area (Å²) in [5, 5.41) is 13.3. The molecule has 0 saturated carbocycles. The van der Waals surface area contributed by atoms with Crippen LogP contribution in [0.4, 0.5) is 10.8 Å². The van der Waals surface area contributed by atoms with E-state index in [1.807, 2.05) is 63.9 Å². The lowest BCUT2D eigenvalue weighted by Crippen LogP contribution is -2.21. The SMILES string of the molecule is CCNC(=O)c1csc(Nc2nc3ccn(-c4cnn(C)c4)c3c(OC(C)C)c2CC)c1. The molecule has 0 spiro atoms. The van der Waals surface area contributed by atoms with Crippen molar-refractivity contribution >= 4 is 39.1 Å². The number of amides is 1. The number of nitrogens with one attached hydrogen (secondary N) is 2. The first-order valence-electron chi connectivity index (χ1n) is 10.7. The van der Waals surface area contributed by atoms with Gasteiger partial charge < -0.3 is 19.9 Å². The van der Waals surface area contributed by atoms with Crippen molar-refractivity contribution in [3.05, 3.63) is 47.2 Å². The van der Waals surface area contributed by atoms with Crippen molar-refractivity contribution in [2.45, 2.75) is 40.2 Å². The van der Waals surface area contributed by atoms with Gasteiger partial charge in [0, 0.05) is 36.9 Å². The molecule has 8 nitrogen and oxygen atoms in total. The predicted molar refractivity (Wildman–Crippen MR) is 129 cm³/mol. The maximum Gasteiger partial charge on any atom is 0.252 e. The van der Waals surface area contributed by atoms with E-state index in [-0.39, 0.29) is 12.0 Å². The molecule has 4 heterocycles. The van der Waals surface area contributed by atoms with Crippen LogP contribution in [0.2, 0.25) is 0 Å². The molecule has 4 rings (SSSR count). The molecule has 0 aliphatic heterocycles. The molecule has 4 aromatic rings. The van der Waals surface area contributed by atoms with Gasteiger partial charge in [0.25, 0.3) is 5.91 Å². The third-order valence-corrected chi connectivity index (χ3v) is 5.84. The first-order chi connectivity index (χ1) is 15.4. The monoisotopic (exact) mass is 452 g/mol. The molecule has 2 N–H and O–H groups in total. The number of fused-ring (bicyclic) bond motifs is 1. The van der Waals surface area contributed by atoms with Gasteiger partial charge >= 0.3 is 0 Å². The molecule has 4 aromatic heterocycles. The number of aromatic nitrogens is 4. The van der Waals surface area contributed by atoms with Gasteiger partial charge in [-0.2, -0.15) is 5.10 Å². The highest BCUT2D eigenvalue weighted by Crippen LogP contribution is 2.38. The second-order valence-corrected chi connectivity index (χ2v) is 8.68. The molecule has 0 bridgehead atoms. The zero-order chi connectivity index (χ0) is 22.8. The third-order valence-electron chi connectivity index (χ3n) is 4.99. The fourth-order valence-corrected chi connectivity index (χ4v) is 4.40. The lowest BCUT2D eigenvalue weighted by Gasteiger charge is -2.19. The summed E-state index contributed by atoms with van der Waals surface area (Å²) in [6.45, 7) is 8.64. The van der Waals surface area contributed by atoms with Gasteiger partial charge in [-0.3, -0.25) is 9.48 Å². The van der Waals surface area contributed by atoms with Crippen LogP contribution in [0.1, 0.15) is 43.6 Å². The van der Waals surface area contributed by atoms with E-state index in [0.717, 1.165) is 45.3 Å². The Morgan fingerprint density at radius 3 is 2.78 bits per heavy atom. The number of hydrogen-bond donors (Lipinski definition) is 2. The Kier molecular flexibility index (Phi) is 6.18. The minimum atomic E-state index is -0.0756. The summed E-state index contributed by atoms with van der Waals surface area (Å²) >= 11 is 1.48. The van der Waals surface area contributed by atoms with E-state index in [1.165, 1.54) is 11.3 Å². The standard InChI is InChI=1S/C23H28N6O2S/c1-6-17-21(31-14(3)4)20-18(8-9-29(20)16-11-25-28(5)12-16)26-22(17)27-19-10-15(13-32-19)23(30)24-7-2/h8-14H,6-7H2,1-5H3,(H,24,30)(H,26,27). The molecule has 0 aromatic carbocycles. The lowest BCUT2D eigenvalue weighted by atomic mass is 10.1. The van der Waals surface area contributed by atoms with Crippen molar-refractivity contribution in [2.24, 2.45) is 7.05 Å². The van der Waals surface area contributed by atoms with Crippen LogP contribution in [0.15, 0.2) is 36.1 Å². The highest BCUT2D eigenvalue weighted by atomic mass is 32.1. The Labute approximate surface area is 191 Å². The van der Waals surface area contributed by atoms with Crippen molar-refractivity contribution in [3.8, 4) is 11.4 Å². The average molecular weight is 453 g/mol. The van der Waals surface area contributed by atoms with Crippen molar-refractivity contribution in [2.75, 3.05) is 11.9 Å². The number of pyridine rings is 1. The number of rotatable bonds is 8. The van der Waals surface area contributed by atoms with Crippen molar-refractivity contribution in [1.82, 2.24) is 24.6 Å². The highest BCUT2D eigenvalue weighted by Gasteiger charge is 2.21. The van der Waals surface area contributed by atoms with Crippen molar-refractivity contribution in [3.63, 3.8) is 0 Å². The minimum Gasteiger partial charge on any atom is -0.488 e. The third kappa shape index (κ3) is 4.20. The highest BCUT2D eigenvalue weighted by molar-refractivity contribution is 7.14. The average Bonchev–Trinajstić information content (AvgIpc) is 3.47. The number of anilines is 2. The Hall–Kier alpha value is -3.33. The van der Waals surface area contributed by atoms with Crippen LogP contribution in [0.25, 0.3) is 16.7 Å². The first-order valence-corrected chi connectivity index (χ1v) is 11.6. The summed E-state index contributed by atoms with van der Waals surface area (Å²) < 4.78 is 10.2. The second-order valence-electron chi connectivity index (χ2n) is 7.76. The molecular weight excluding hydrogens is 424 g/mol. The summed E-state index contributed by atoms with van der Waals surface area (Å²) in [4.78, 5) is 17.1. The number of hydrogen-bond acceptors (Lipinski definition) is 6. The molecule has 0 aliphatic carbocycles. The topological polar surface area (TPSA) is 86.0 Å². The maximum absolute atomic E-state index is 12.1. The summed E-state index contributed by atoms with van der Waals surface area (Å²) in [7, 11) is 1.90. The number of nitrogens with zero attached hydrogens (tertiary/aromatic N) is 4. The summed E-state index contributed by atoms with van der Waals surface area (Å²) in [6.07, 6.45) is 6.52. The Bertz CT molecular complexity index is 1250. The number of aryl methyl sites for hydroxylation is 1. The van der Waals surface area contributed by atoms with Crippen molar-refractivity contribution in [1.29, 1.82) is 0 Å². The van der Waals surface area contributed by atoms with E-state index in [4.69, 9.17) is 9.72 Å². The largest absolute Gasteiger partial charge is 0.488 e. The van der Waals surface area contributed by atoms with Crippen molar-refractivity contribution < 1.29 is 9.53 Å². The first kappa shape index (κ1) is 21.9. The van der Waals surface area contributed by atoms with Crippen LogP contribution in [0.5, 0.6) is 5.75 Å². The van der Waals surface area contributed by atoms with E-state index in [0.29, 0.717) is 12.1 Å². The number of ether oxygens (including phenoxy) is 1. The van der Waals surface area contributed by atoms with E-state index in [9.17, 15) is 4.79 Å². The van der Waals surface area contributed by atoms with Gasteiger partial charge in [-0.15, -0.1) is 11.3 Å². The fourth-order valence-electron chi connectivity index (χ4n) is 3.62. The van der Waals surface area contributed by atoms with Crippen LogP contribution >= 0.6 is 11.3 Å². The van der Waals surface area contributed by atoms with Gasteiger partial charge in [0.2, 0.25) is 0 Å². The van der Waals surface area contributed by atoms with E-state index < -0.39 is 0 Å². The minimum absolute atomic E-state index is 0.00192. The summed E-state index contributed by atoms with van der Waals surface area (Å²) in [5.41, 5.74) is 4.32. The van der Waals surface area contributed by atoms with E-state index >= 15 is 0 Å². The van der Waals surface area contributed by atoms with Crippen LogP contribution < -0.4 is 15.4 Å². The molecule has 32 heavy (non-hydrogen) atoms. The quantitative estimate of drug-likeness (QED) is 0.406. The van der Waals surface area contributed by atoms with Crippen LogP contribution in [0, 0.1) is 0 Å². The summed E-state index contributed by atoms with van der Waals surface area (Å²) in [6, 6.07) is 3.83. The molecule has 0 saturated heterocycles. The van der Waals surface area contributed by atoms with Gasteiger partial charge in [0.15, 0.2) is 5.75 Å². The zero-order valence-electron chi connectivity index (χ0n) is 19.0. The van der Waals surface area contributed by atoms with Crippen LogP contribution in [0.3, 0.4) is 0 Å². The molecule has 0 unspecified atom stereocenters. The van der Waals surface area contributed by atoms with E-state index in [1.54, 1.807) is 4.68 Å². The normalized spacial score (nSPS) is 11.3. The van der Waals surface area contributed by atoms with E-state index in [2.05, 4.69) is 27.2 Å². The van der Waals surface area contributed by atoms with Gasteiger partial charge in [-0.05, 0) is 39.3 Å². The Morgan fingerprint density at radius 1 is 1.31 bits per heavy atom. The molecule has 9 heteroatoms. The molecule has 1 amide bonds. The Balaban J connectivity index is 1.81. The fraction of sp³-hybridized carbons (Fsp3) is 0.348. The second kappa shape index (κ2) is 9.04. The van der Waals surface area contributed by atoms with Crippen LogP contribution in [-0.4, -0.2) is 37.9 Å². The summed E-state index contributed by atoms with van der Waals surface area (Å²) in [5.74, 6) is 1.47. The zero-order valence-corrected chi connectivity index (χ0v) is 19.8. The van der Waals surface area contributed by atoms with Gasteiger partial charge in [0.05, 0.1) is 34.1 Å². The van der Waals surface area contributed by atoms with Gasteiger partial charge in [-0.1, -0.05) is 6.92 Å². The van der Waals surface area contributed by atoms with Gasteiger partial charge in [0.1, 0.15) is 11.3 Å². The molecule has 0 radical (unpaired) electrons. The lowest BCUT2D eigenvalue weighted by molar-refractivity contribution is 0.0956. The van der Waals surface area contributed by atoms with Gasteiger partial charge in [-0.25, -0.2) is 4.98 Å². The maximum atomic E-state index is 12.1.